The molecule has 26 heavy (non-hydrogen) atoms. The van der Waals surface area contributed by atoms with Crippen LogP contribution in [0.3, 0.4) is 0 Å². The van der Waals surface area contributed by atoms with E-state index in [0.29, 0.717) is 11.1 Å². The molecule has 2 aromatic rings. The quantitative estimate of drug-likeness (QED) is 0.622. The molecular formula is C18H16N2O4S2. The maximum absolute atomic E-state index is 12.6. The van der Waals surface area contributed by atoms with Crippen LogP contribution in [0.25, 0.3) is 12.2 Å². The number of aliphatic carboxylic acids is 1. The van der Waals surface area contributed by atoms with E-state index in [-0.39, 0.29) is 11.4 Å². The summed E-state index contributed by atoms with van der Waals surface area (Å²) in [7, 11) is -3.70. The van der Waals surface area contributed by atoms with E-state index in [9.17, 15) is 13.2 Å². The Morgan fingerprint density at radius 3 is 2.27 bits per heavy atom. The average molecular weight is 388 g/mol. The number of carboxylic acids is 1. The van der Waals surface area contributed by atoms with Crippen LogP contribution >= 0.6 is 12.8 Å². The van der Waals surface area contributed by atoms with E-state index in [1.807, 2.05) is 30.3 Å². The van der Waals surface area contributed by atoms with Crippen molar-refractivity contribution in [1.29, 1.82) is 0 Å². The zero-order valence-electron chi connectivity index (χ0n) is 13.6. The van der Waals surface area contributed by atoms with Gasteiger partial charge < -0.3 is 5.11 Å². The lowest BCUT2D eigenvalue weighted by Crippen LogP contribution is -2.30. The smallest absolute Gasteiger partial charge is 0.328 e. The Balaban J connectivity index is 1.87. The highest BCUT2D eigenvalue weighted by Gasteiger charge is 2.38. The van der Waals surface area contributed by atoms with Gasteiger partial charge in [0.15, 0.2) is 0 Å². The lowest BCUT2D eigenvalue weighted by molar-refractivity contribution is -0.131. The molecule has 2 aromatic carbocycles. The lowest BCUT2D eigenvalue weighted by atomic mass is 10.1. The number of carbonyl (C=O) groups is 1. The Hall–Kier alpha value is -2.55. The Labute approximate surface area is 157 Å². The monoisotopic (exact) mass is 388 g/mol. The number of benzene rings is 2. The van der Waals surface area contributed by atoms with Gasteiger partial charge in [0.05, 0.1) is 17.1 Å². The minimum absolute atomic E-state index is 0.177. The van der Waals surface area contributed by atoms with Crippen LogP contribution in [-0.4, -0.2) is 29.9 Å². The van der Waals surface area contributed by atoms with Gasteiger partial charge in [-0.05, 0) is 35.4 Å². The van der Waals surface area contributed by atoms with Crippen LogP contribution in [0.15, 0.2) is 65.6 Å². The summed E-state index contributed by atoms with van der Waals surface area (Å²) in [5, 5.41) is 10.2. The molecule has 1 fully saturated rings. The Morgan fingerprint density at radius 2 is 1.65 bits per heavy atom. The number of anilines is 1. The van der Waals surface area contributed by atoms with Crippen LogP contribution in [0.1, 0.15) is 11.1 Å². The molecule has 1 aliphatic rings. The van der Waals surface area contributed by atoms with E-state index in [0.717, 1.165) is 15.6 Å². The number of hydrogen-bond acceptors (Lipinski definition) is 5. The first-order valence-corrected chi connectivity index (χ1v) is 9.50. The van der Waals surface area contributed by atoms with Crippen molar-refractivity contribution in [3.8, 4) is 0 Å². The second-order valence-electron chi connectivity index (χ2n) is 5.57. The fraction of sp³-hybridized carbons (Fsp3) is 0.0556. The minimum atomic E-state index is -3.70. The van der Waals surface area contributed by atoms with Gasteiger partial charge in [0.1, 0.15) is 0 Å². The van der Waals surface area contributed by atoms with Crippen molar-refractivity contribution in [1.82, 2.24) is 3.82 Å². The highest BCUT2D eigenvalue weighted by atomic mass is 32.3. The first-order chi connectivity index (χ1) is 12.4. The third-order valence-corrected chi connectivity index (χ3v) is 6.19. The second-order valence-corrected chi connectivity index (χ2v) is 8.04. The van der Waals surface area contributed by atoms with Gasteiger partial charge in [-0.15, -0.1) is 0 Å². The summed E-state index contributed by atoms with van der Waals surface area (Å²) in [5.74, 6) is -1.02. The molecule has 0 radical (unpaired) electrons. The van der Waals surface area contributed by atoms with Crippen molar-refractivity contribution in [3.63, 3.8) is 0 Å². The number of hydrazine groups is 1. The molecule has 0 bridgehead atoms. The summed E-state index contributed by atoms with van der Waals surface area (Å²) < 4.78 is 26.1. The number of thiol groups is 1. The summed E-state index contributed by atoms with van der Waals surface area (Å²) in [6, 6.07) is 16.0. The van der Waals surface area contributed by atoms with Gasteiger partial charge in [-0.3, -0.25) is 5.01 Å². The molecule has 1 N–H and O–H groups in total. The normalized spacial score (nSPS) is 18.7. The van der Waals surface area contributed by atoms with E-state index in [4.69, 9.17) is 5.11 Å². The number of sulfonamides is 1. The van der Waals surface area contributed by atoms with E-state index in [1.54, 1.807) is 35.4 Å². The van der Waals surface area contributed by atoms with Crippen LogP contribution in [0.5, 0.6) is 0 Å². The fourth-order valence-electron chi connectivity index (χ4n) is 2.49. The maximum Gasteiger partial charge on any atom is 0.328 e. The largest absolute Gasteiger partial charge is 0.478 e. The van der Waals surface area contributed by atoms with E-state index < -0.39 is 16.0 Å². The summed E-state index contributed by atoms with van der Waals surface area (Å²) in [5.41, 5.74) is 2.14. The van der Waals surface area contributed by atoms with Gasteiger partial charge in [-0.2, -0.15) is 0 Å². The molecule has 3 rings (SSSR count). The number of hydrogen-bond donors (Lipinski definition) is 2. The van der Waals surface area contributed by atoms with Crippen LogP contribution in [-0.2, 0) is 14.8 Å². The predicted molar refractivity (Wildman–Crippen MR) is 105 cm³/mol. The lowest BCUT2D eigenvalue weighted by Gasteiger charge is -2.21. The molecule has 0 unspecified atom stereocenters. The summed E-state index contributed by atoms with van der Waals surface area (Å²) in [6.07, 6.45) is 4.11. The van der Waals surface area contributed by atoms with Crippen molar-refractivity contribution < 1.29 is 18.3 Å². The number of nitrogens with zero attached hydrogens (tertiary/aromatic N) is 2. The molecule has 0 atom stereocenters. The van der Waals surface area contributed by atoms with E-state index in [2.05, 4.69) is 12.8 Å². The predicted octanol–water partition coefficient (Wildman–Crippen LogP) is 3.04. The van der Waals surface area contributed by atoms with Crippen LogP contribution in [0.2, 0.25) is 0 Å². The molecule has 1 aliphatic heterocycles. The van der Waals surface area contributed by atoms with Gasteiger partial charge >= 0.3 is 5.97 Å². The van der Waals surface area contributed by atoms with Crippen molar-refractivity contribution in [2.75, 3.05) is 11.6 Å². The molecule has 0 aliphatic carbocycles. The molecule has 1 saturated heterocycles. The highest BCUT2D eigenvalue weighted by Crippen LogP contribution is 2.33. The zero-order valence-corrected chi connectivity index (χ0v) is 15.3. The van der Waals surface area contributed by atoms with Gasteiger partial charge in [0.2, 0.25) is 0 Å². The topological polar surface area (TPSA) is 77.9 Å². The minimum Gasteiger partial charge on any atom is -0.478 e. The molecule has 8 heteroatoms. The Morgan fingerprint density at radius 1 is 1.04 bits per heavy atom. The van der Waals surface area contributed by atoms with Gasteiger partial charge in [0.25, 0.3) is 10.0 Å². The van der Waals surface area contributed by atoms with Crippen LogP contribution in [0.4, 0.5) is 5.69 Å². The highest BCUT2D eigenvalue weighted by molar-refractivity contribution is 8.02. The first kappa shape index (κ1) is 18.2. The molecule has 0 saturated carbocycles. The van der Waals surface area contributed by atoms with Crippen LogP contribution in [0, 0.1) is 0 Å². The van der Waals surface area contributed by atoms with Gasteiger partial charge in [-0.1, -0.05) is 59.1 Å². The van der Waals surface area contributed by atoms with Gasteiger partial charge in [0, 0.05) is 6.08 Å². The van der Waals surface area contributed by atoms with Crippen molar-refractivity contribution >= 4 is 46.6 Å². The average Bonchev–Trinajstić information content (AvgIpc) is 2.85. The first-order valence-electron chi connectivity index (χ1n) is 7.66. The molecule has 6 nitrogen and oxygen atoms in total. The second kappa shape index (κ2) is 7.36. The summed E-state index contributed by atoms with van der Waals surface area (Å²) in [4.78, 5) is 10.8. The summed E-state index contributed by atoms with van der Waals surface area (Å²) >= 11 is 4.13. The van der Waals surface area contributed by atoms with Crippen molar-refractivity contribution in [2.45, 2.75) is 0 Å². The number of carboxylic acid groups (broad SMARTS) is 1. The molecule has 0 aromatic heterocycles. The Bertz CT molecular complexity index is 968. The molecule has 0 spiro atoms. The van der Waals surface area contributed by atoms with Crippen molar-refractivity contribution in [2.24, 2.45) is 0 Å². The van der Waals surface area contributed by atoms with Crippen molar-refractivity contribution in [3.05, 3.63) is 76.7 Å². The molecular weight excluding hydrogens is 372 g/mol. The third-order valence-electron chi connectivity index (χ3n) is 3.80. The fourth-order valence-corrected chi connectivity index (χ4v) is 4.16. The van der Waals surface area contributed by atoms with E-state index >= 15 is 0 Å². The Kier molecular flexibility index (Phi) is 5.17. The maximum atomic E-state index is 12.6. The third kappa shape index (κ3) is 3.82. The summed E-state index contributed by atoms with van der Waals surface area (Å²) in [6.45, 7) is 0.177. The molecule has 0 amide bonds. The number of para-hydroxylation sites is 1. The van der Waals surface area contributed by atoms with E-state index in [1.165, 1.54) is 6.08 Å². The van der Waals surface area contributed by atoms with Gasteiger partial charge in [-0.25, -0.2) is 13.2 Å². The standard InChI is InChI=1S/C18H16N2O4S2/c21-18(22)11-10-14-6-8-15(9-7-14)12-17-13-19(20(25)26(17,23)24)16-4-2-1-3-5-16/h1-12,25H,13H2,(H,21,22)/b11-10+,17-12-. The SMILES string of the molecule is O=C(O)/C=C/c1ccc(/C=C2/CN(c3ccccc3)N(S)S2(=O)=O)cc1. The zero-order chi connectivity index (χ0) is 18.7. The van der Waals surface area contributed by atoms with Crippen LogP contribution < -0.4 is 5.01 Å². The number of rotatable bonds is 4. The molecule has 1 heterocycles. The molecule has 134 valence electrons.